The van der Waals surface area contributed by atoms with Crippen LogP contribution in [0.2, 0.25) is 0 Å². The average molecular weight is 417 g/mol. The number of benzene rings is 2. The first-order valence-electron chi connectivity index (χ1n) is 11.2. The number of carbonyl (C=O) groups excluding carboxylic acids is 2. The third kappa shape index (κ3) is 4.16. The maximum absolute atomic E-state index is 13.1. The zero-order chi connectivity index (χ0) is 22.0. The third-order valence-electron chi connectivity index (χ3n) is 7.13. The van der Waals surface area contributed by atoms with Gasteiger partial charge in [0.1, 0.15) is 0 Å². The summed E-state index contributed by atoms with van der Waals surface area (Å²) in [5.74, 6) is -2.28. The number of hydrogen-bond donors (Lipinski definition) is 1. The second-order valence-electron chi connectivity index (χ2n) is 9.07. The fourth-order valence-electron chi connectivity index (χ4n) is 5.94. The largest absolute Gasteiger partial charge is 0.550 e. The molecule has 0 radical (unpaired) electrons. The Labute approximate surface area is 184 Å². The number of rotatable bonds is 7. The minimum absolute atomic E-state index is 0.0388. The fourth-order valence-corrected chi connectivity index (χ4v) is 5.94. The van der Waals surface area contributed by atoms with Gasteiger partial charge in [-0.05, 0) is 56.1 Å². The van der Waals surface area contributed by atoms with Gasteiger partial charge in [0.15, 0.2) is 0 Å². The van der Waals surface area contributed by atoms with Gasteiger partial charge in [-0.3, -0.25) is 4.79 Å². The van der Waals surface area contributed by atoms with Crippen molar-refractivity contribution < 1.29 is 14.7 Å². The molecule has 2 aliphatic carbocycles. The molecule has 4 heteroatoms. The summed E-state index contributed by atoms with van der Waals surface area (Å²) in [6.45, 7) is 4.56. The average Bonchev–Trinajstić information content (AvgIpc) is 3.34. The lowest BCUT2D eigenvalue weighted by molar-refractivity contribution is -0.314. The molecule has 1 N–H and O–H groups in total. The van der Waals surface area contributed by atoms with E-state index in [4.69, 9.17) is 0 Å². The van der Waals surface area contributed by atoms with Crippen LogP contribution in [0.1, 0.15) is 50.2 Å². The van der Waals surface area contributed by atoms with Crippen LogP contribution in [0.25, 0.3) is 0 Å². The predicted molar refractivity (Wildman–Crippen MR) is 119 cm³/mol. The summed E-state index contributed by atoms with van der Waals surface area (Å²) >= 11 is 0. The van der Waals surface area contributed by atoms with E-state index in [-0.39, 0.29) is 23.7 Å². The molecule has 0 spiro atoms. The first-order chi connectivity index (χ1) is 15.0. The maximum Gasteiger partial charge on any atom is 0.224 e. The summed E-state index contributed by atoms with van der Waals surface area (Å²) < 4.78 is 0. The first-order valence-corrected chi connectivity index (χ1v) is 11.2. The molecule has 0 saturated heterocycles. The molecule has 4 nitrogen and oxygen atoms in total. The van der Waals surface area contributed by atoms with Gasteiger partial charge in [0.05, 0.1) is 5.92 Å². The van der Waals surface area contributed by atoms with Crippen LogP contribution >= 0.6 is 0 Å². The van der Waals surface area contributed by atoms with Gasteiger partial charge >= 0.3 is 0 Å². The number of carbonyl (C=O) groups is 2. The van der Waals surface area contributed by atoms with Crippen molar-refractivity contribution in [3.8, 4) is 0 Å². The first kappa shape index (κ1) is 21.4. The molecule has 2 fully saturated rings. The molecule has 0 aromatic heterocycles. The van der Waals surface area contributed by atoms with Crippen molar-refractivity contribution in [3.63, 3.8) is 0 Å². The van der Waals surface area contributed by atoms with Crippen molar-refractivity contribution in [2.75, 3.05) is 6.54 Å². The Balaban J connectivity index is 1.48. The van der Waals surface area contributed by atoms with E-state index in [0.717, 1.165) is 24.8 Å². The minimum atomic E-state index is -1.09. The van der Waals surface area contributed by atoms with Gasteiger partial charge in [0, 0.05) is 24.3 Å². The summed E-state index contributed by atoms with van der Waals surface area (Å²) in [6, 6.07) is 20.6. The van der Waals surface area contributed by atoms with E-state index in [0.29, 0.717) is 6.54 Å². The van der Waals surface area contributed by atoms with E-state index in [2.05, 4.69) is 29.6 Å². The molecular weight excluding hydrogens is 386 g/mol. The Morgan fingerprint density at radius 2 is 1.42 bits per heavy atom. The van der Waals surface area contributed by atoms with Crippen molar-refractivity contribution in [2.24, 2.45) is 23.7 Å². The summed E-state index contributed by atoms with van der Waals surface area (Å²) in [7, 11) is 0. The lowest BCUT2D eigenvalue weighted by Gasteiger charge is -2.30. The normalized spacial score (nSPS) is 24.4. The summed E-state index contributed by atoms with van der Waals surface area (Å²) in [5.41, 5.74) is 4.76. The molecule has 31 heavy (non-hydrogen) atoms. The van der Waals surface area contributed by atoms with Crippen molar-refractivity contribution in [2.45, 2.75) is 39.0 Å². The second-order valence-corrected chi connectivity index (χ2v) is 9.07. The molecule has 4 rings (SSSR count). The lowest BCUT2D eigenvalue weighted by atomic mass is 9.78. The van der Waals surface area contributed by atoms with Crippen LogP contribution in [0.4, 0.5) is 0 Å². The smallest absolute Gasteiger partial charge is 0.224 e. The highest BCUT2D eigenvalue weighted by Gasteiger charge is 2.54. The van der Waals surface area contributed by atoms with Crippen LogP contribution in [0.3, 0.4) is 0 Å². The van der Waals surface area contributed by atoms with E-state index in [1.165, 1.54) is 16.7 Å². The van der Waals surface area contributed by atoms with Crippen molar-refractivity contribution in [1.82, 2.24) is 5.32 Å². The van der Waals surface area contributed by atoms with E-state index < -0.39 is 17.8 Å². The Morgan fingerprint density at radius 1 is 0.903 bits per heavy atom. The standard InChI is InChI=1S/C27H31NO3/c1-17(2)23-21-13-14-22(23)25(27(30)31)24(21)26(29)28-16-15-20(18-9-5-3-6-10-18)19-11-7-4-8-12-19/h3-12,20-22,24-25H,13-16H2,1-2H3,(H,28,29)(H,30,31)/p-1/t21-,22+,24-,25+/m1/s1. The highest BCUT2D eigenvalue weighted by Crippen LogP contribution is 2.56. The van der Waals surface area contributed by atoms with Gasteiger partial charge < -0.3 is 15.2 Å². The van der Waals surface area contributed by atoms with Crippen molar-refractivity contribution in [1.29, 1.82) is 0 Å². The number of aliphatic carboxylic acids is 1. The quantitative estimate of drug-likeness (QED) is 0.700. The van der Waals surface area contributed by atoms with Gasteiger partial charge in [0.2, 0.25) is 5.91 Å². The van der Waals surface area contributed by atoms with Gasteiger partial charge in [-0.25, -0.2) is 0 Å². The van der Waals surface area contributed by atoms with Crippen molar-refractivity contribution >= 4 is 11.9 Å². The molecule has 2 aliphatic rings. The number of allylic oxidation sites excluding steroid dienone is 2. The minimum Gasteiger partial charge on any atom is -0.550 e. The van der Waals surface area contributed by atoms with E-state index in [9.17, 15) is 14.7 Å². The molecule has 0 unspecified atom stereocenters. The molecule has 2 bridgehead atoms. The van der Waals surface area contributed by atoms with Crippen molar-refractivity contribution in [3.05, 3.63) is 82.9 Å². The highest BCUT2D eigenvalue weighted by molar-refractivity contribution is 5.87. The third-order valence-corrected chi connectivity index (χ3v) is 7.13. The summed E-state index contributed by atoms with van der Waals surface area (Å²) in [6.07, 6.45) is 2.49. The van der Waals surface area contributed by atoms with Crippen LogP contribution in [0.15, 0.2) is 71.8 Å². The molecule has 0 aliphatic heterocycles. The second kappa shape index (κ2) is 9.09. The number of nitrogens with one attached hydrogen (secondary N) is 1. The molecule has 0 heterocycles. The summed E-state index contributed by atoms with van der Waals surface area (Å²) in [5, 5.41) is 15.0. The number of carboxylic acid groups (broad SMARTS) is 1. The molecule has 2 saturated carbocycles. The Kier molecular flexibility index (Phi) is 6.26. The zero-order valence-corrected chi connectivity index (χ0v) is 18.2. The topological polar surface area (TPSA) is 69.2 Å². The molecule has 2 aromatic rings. The van der Waals surface area contributed by atoms with E-state index >= 15 is 0 Å². The zero-order valence-electron chi connectivity index (χ0n) is 18.2. The van der Waals surface area contributed by atoms with Crippen LogP contribution in [-0.2, 0) is 9.59 Å². The van der Waals surface area contributed by atoms with E-state index in [1.807, 2.05) is 50.2 Å². The van der Waals surface area contributed by atoms with Gasteiger partial charge in [-0.2, -0.15) is 0 Å². The molecular formula is C27H30NO3-. The SMILES string of the molecule is CC(C)=C1[C@H]2CC[C@@H]1[C@H](C(=O)[O-])[C@@H]2C(=O)NCCC(c1ccccc1)c1ccccc1. The van der Waals surface area contributed by atoms with Crippen LogP contribution in [0, 0.1) is 23.7 Å². The number of amides is 1. The fraction of sp³-hybridized carbons (Fsp3) is 0.407. The highest BCUT2D eigenvalue weighted by atomic mass is 16.4. The number of hydrogen-bond acceptors (Lipinski definition) is 3. The monoisotopic (exact) mass is 416 g/mol. The van der Waals surface area contributed by atoms with Crippen LogP contribution in [0.5, 0.6) is 0 Å². The maximum atomic E-state index is 13.1. The molecule has 4 atom stereocenters. The van der Waals surface area contributed by atoms with Gasteiger partial charge in [-0.15, -0.1) is 0 Å². The van der Waals surface area contributed by atoms with E-state index in [1.54, 1.807) is 0 Å². The number of carboxylic acids is 1. The summed E-state index contributed by atoms with van der Waals surface area (Å²) in [4.78, 5) is 25.1. The van der Waals surface area contributed by atoms with Crippen LogP contribution < -0.4 is 10.4 Å². The predicted octanol–water partition coefficient (Wildman–Crippen LogP) is 3.68. The number of fused-ring (bicyclic) bond motifs is 2. The van der Waals surface area contributed by atoms with Gasteiger partial charge in [-0.1, -0.05) is 71.8 Å². The Hall–Kier alpha value is -2.88. The lowest BCUT2D eigenvalue weighted by Crippen LogP contribution is -2.46. The van der Waals surface area contributed by atoms with Gasteiger partial charge in [0.25, 0.3) is 0 Å². The molecule has 2 aromatic carbocycles. The molecule has 1 amide bonds. The Morgan fingerprint density at radius 3 is 1.90 bits per heavy atom. The Bertz CT molecular complexity index is 923. The van der Waals surface area contributed by atoms with Crippen LogP contribution in [-0.4, -0.2) is 18.4 Å². The molecule has 162 valence electrons.